The first-order chi connectivity index (χ1) is 10.9. The first kappa shape index (κ1) is 15.9. The van der Waals surface area contributed by atoms with Crippen LogP contribution in [0, 0.1) is 0 Å². The number of aryl methyl sites for hydroxylation is 1. The number of carbonyl (C=O) groups is 2. The zero-order chi connectivity index (χ0) is 16.6. The summed E-state index contributed by atoms with van der Waals surface area (Å²) in [5.41, 5.74) is 0.708. The molecule has 2 aromatic carbocycles. The zero-order valence-corrected chi connectivity index (χ0v) is 14.2. The Morgan fingerprint density at radius 1 is 1.22 bits per heavy atom. The molecule has 4 nitrogen and oxygen atoms in total. The lowest BCUT2D eigenvalue weighted by atomic mass is 9.87. The van der Waals surface area contributed by atoms with E-state index in [-0.39, 0.29) is 12.2 Å². The molecule has 1 amide bonds. The fourth-order valence-electron chi connectivity index (χ4n) is 2.76. The molecule has 0 aromatic heterocycles. The molecule has 2 N–H and O–H groups in total. The smallest absolute Gasteiger partial charge is 0.261 e. The Hall–Kier alpha value is -1.98. The Balaban J connectivity index is 1.94. The summed E-state index contributed by atoms with van der Waals surface area (Å²) in [6.45, 7) is 2.00. The van der Waals surface area contributed by atoms with Gasteiger partial charge in [0, 0.05) is 21.3 Å². The van der Waals surface area contributed by atoms with Crippen LogP contribution in [-0.4, -0.2) is 16.8 Å². The Labute approximate surface area is 142 Å². The number of Topliss-reactive ketones (excluding diaryl/α,β-unsaturated/α-hetero) is 1. The fourth-order valence-corrected chi connectivity index (χ4v) is 3.02. The highest BCUT2D eigenvalue weighted by Gasteiger charge is 2.46. The molecule has 0 aliphatic carbocycles. The molecular weight excluding hydrogens is 358 g/mol. The van der Waals surface area contributed by atoms with E-state index < -0.39 is 11.5 Å². The van der Waals surface area contributed by atoms with Crippen molar-refractivity contribution in [3.63, 3.8) is 0 Å². The Morgan fingerprint density at radius 3 is 2.57 bits per heavy atom. The van der Waals surface area contributed by atoms with E-state index in [2.05, 4.69) is 21.2 Å². The number of halogens is 1. The van der Waals surface area contributed by atoms with E-state index >= 15 is 0 Å². The van der Waals surface area contributed by atoms with Crippen molar-refractivity contribution in [3.05, 3.63) is 63.6 Å². The number of hydrogen-bond donors (Lipinski definition) is 2. The molecule has 0 bridgehead atoms. The highest BCUT2D eigenvalue weighted by atomic mass is 79.9. The van der Waals surface area contributed by atoms with Gasteiger partial charge in [0.15, 0.2) is 11.4 Å². The van der Waals surface area contributed by atoms with E-state index in [4.69, 9.17) is 0 Å². The molecule has 0 saturated heterocycles. The number of fused-ring (bicyclic) bond motifs is 1. The maximum atomic E-state index is 12.5. The van der Waals surface area contributed by atoms with Gasteiger partial charge in [0.05, 0.1) is 6.42 Å². The first-order valence-corrected chi connectivity index (χ1v) is 8.19. The summed E-state index contributed by atoms with van der Waals surface area (Å²) in [6.07, 6.45) is 0.513. The van der Waals surface area contributed by atoms with Gasteiger partial charge >= 0.3 is 0 Å². The maximum Gasteiger partial charge on any atom is 0.261 e. The molecule has 1 aliphatic rings. The summed E-state index contributed by atoms with van der Waals surface area (Å²) in [5.74, 6) is -0.823. The summed E-state index contributed by atoms with van der Waals surface area (Å²) in [5, 5.41) is 13.5. The molecule has 0 unspecified atom stereocenters. The Bertz CT molecular complexity index is 785. The van der Waals surface area contributed by atoms with Crippen molar-refractivity contribution in [2.24, 2.45) is 0 Å². The summed E-state index contributed by atoms with van der Waals surface area (Å²) in [6, 6.07) is 12.3. The summed E-state index contributed by atoms with van der Waals surface area (Å²) in [4.78, 5) is 24.7. The van der Waals surface area contributed by atoms with Crippen molar-refractivity contribution < 1.29 is 14.7 Å². The molecule has 0 saturated carbocycles. The van der Waals surface area contributed by atoms with Gasteiger partial charge in [-0.05, 0) is 30.2 Å². The van der Waals surface area contributed by atoms with Crippen LogP contribution in [0.1, 0.15) is 34.8 Å². The third-order valence-electron chi connectivity index (χ3n) is 4.14. The van der Waals surface area contributed by atoms with Crippen LogP contribution in [-0.2, 0) is 16.8 Å². The van der Waals surface area contributed by atoms with Crippen LogP contribution in [0.5, 0.6) is 0 Å². The van der Waals surface area contributed by atoms with Gasteiger partial charge in [-0.1, -0.05) is 47.1 Å². The van der Waals surface area contributed by atoms with Gasteiger partial charge in [0.25, 0.3) is 5.91 Å². The number of benzene rings is 2. The normalized spacial score (nSPS) is 19.3. The van der Waals surface area contributed by atoms with E-state index in [1.165, 1.54) is 0 Å². The highest BCUT2D eigenvalue weighted by Crippen LogP contribution is 2.39. The van der Waals surface area contributed by atoms with Crippen LogP contribution < -0.4 is 5.32 Å². The van der Waals surface area contributed by atoms with Crippen molar-refractivity contribution in [1.82, 2.24) is 0 Å². The van der Waals surface area contributed by atoms with E-state index in [1.54, 1.807) is 36.4 Å². The predicted molar refractivity (Wildman–Crippen MR) is 91.4 cm³/mol. The average molecular weight is 374 g/mol. The number of aliphatic hydroxyl groups is 1. The summed E-state index contributed by atoms with van der Waals surface area (Å²) >= 11 is 3.32. The van der Waals surface area contributed by atoms with Crippen LogP contribution in [0.15, 0.2) is 46.9 Å². The second-order valence-electron chi connectivity index (χ2n) is 5.65. The molecule has 118 valence electrons. The van der Waals surface area contributed by atoms with E-state index in [9.17, 15) is 14.7 Å². The van der Waals surface area contributed by atoms with Gasteiger partial charge in [0.2, 0.25) is 0 Å². The van der Waals surface area contributed by atoms with Crippen molar-refractivity contribution in [3.8, 4) is 0 Å². The first-order valence-electron chi connectivity index (χ1n) is 7.40. The number of hydrogen-bond acceptors (Lipinski definition) is 3. The molecule has 0 fully saturated rings. The molecule has 1 heterocycles. The Morgan fingerprint density at radius 2 is 1.91 bits per heavy atom. The third kappa shape index (κ3) is 2.82. The van der Waals surface area contributed by atoms with Crippen LogP contribution in [0.3, 0.4) is 0 Å². The molecule has 23 heavy (non-hydrogen) atoms. The molecule has 0 radical (unpaired) electrons. The summed E-state index contributed by atoms with van der Waals surface area (Å²) < 4.78 is 0.865. The highest BCUT2D eigenvalue weighted by molar-refractivity contribution is 9.10. The molecule has 3 rings (SSSR count). The van der Waals surface area contributed by atoms with Crippen LogP contribution in [0.2, 0.25) is 0 Å². The largest absolute Gasteiger partial charge is 0.375 e. The van der Waals surface area contributed by atoms with Gasteiger partial charge in [-0.25, -0.2) is 0 Å². The maximum absolute atomic E-state index is 12.5. The number of amides is 1. The number of rotatable bonds is 4. The monoisotopic (exact) mass is 373 g/mol. The minimum absolute atomic E-state index is 0.273. The minimum atomic E-state index is -1.81. The van der Waals surface area contributed by atoms with Gasteiger partial charge in [-0.15, -0.1) is 0 Å². The van der Waals surface area contributed by atoms with Gasteiger partial charge in [0.1, 0.15) is 0 Å². The molecule has 0 spiro atoms. The number of ketones is 1. The lowest BCUT2D eigenvalue weighted by Gasteiger charge is -2.20. The minimum Gasteiger partial charge on any atom is -0.375 e. The quantitative estimate of drug-likeness (QED) is 0.806. The van der Waals surface area contributed by atoms with Gasteiger partial charge in [-0.3, -0.25) is 9.59 Å². The van der Waals surface area contributed by atoms with E-state index in [0.29, 0.717) is 16.8 Å². The van der Waals surface area contributed by atoms with E-state index in [1.807, 2.05) is 13.0 Å². The fraction of sp³-hybridized carbons (Fsp3) is 0.222. The lowest BCUT2D eigenvalue weighted by Crippen LogP contribution is -2.36. The second-order valence-corrected chi connectivity index (χ2v) is 6.57. The van der Waals surface area contributed by atoms with E-state index in [0.717, 1.165) is 16.5 Å². The van der Waals surface area contributed by atoms with Crippen molar-refractivity contribution in [1.29, 1.82) is 0 Å². The third-order valence-corrected chi connectivity index (χ3v) is 4.67. The topological polar surface area (TPSA) is 66.4 Å². The van der Waals surface area contributed by atoms with Crippen LogP contribution in [0.25, 0.3) is 0 Å². The molecule has 1 atom stereocenters. The SMILES string of the molecule is CCc1ccc2c(c1)[C@@](O)(CC(=O)c1ccc(Br)cc1)C(=O)N2. The zero-order valence-electron chi connectivity index (χ0n) is 12.6. The Kier molecular flexibility index (Phi) is 4.08. The number of carbonyl (C=O) groups excluding carboxylic acids is 2. The molecule has 2 aromatic rings. The summed E-state index contributed by atoms with van der Waals surface area (Å²) in [7, 11) is 0. The van der Waals surface area contributed by atoms with Gasteiger partial charge < -0.3 is 10.4 Å². The van der Waals surface area contributed by atoms with Crippen molar-refractivity contribution in [2.75, 3.05) is 5.32 Å². The van der Waals surface area contributed by atoms with Crippen LogP contribution in [0.4, 0.5) is 5.69 Å². The number of anilines is 1. The second kappa shape index (κ2) is 5.91. The van der Waals surface area contributed by atoms with Crippen molar-refractivity contribution >= 4 is 33.3 Å². The lowest BCUT2D eigenvalue weighted by molar-refractivity contribution is -0.133. The standard InChI is InChI=1S/C18H16BrNO3/c1-2-11-3-8-15-14(9-11)18(23,17(22)20-15)10-16(21)12-4-6-13(19)7-5-12/h3-9,23H,2,10H2,1H3,(H,20,22)/t18-/m0/s1. The molecule has 5 heteroatoms. The van der Waals surface area contributed by atoms with Crippen LogP contribution >= 0.6 is 15.9 Å². The van der Waals surface area contributed by atoms with Crippen molar-refractivity contribution in [2.45, 2.75) is 25.4 Å². The number of nitrogens with one attached hydrogen (secondary N) is 1. The molecule has 1 aliphatic heterocycles. The molecular formula is C18H16BrNO3. The van der Waals surface area contributed by atoms with Gasteiger partial charge in [-0.2, -0.15) is 0 Å². The average Bonchev–Trinajstić information content (AvgIpc) is 2.78. The predicted octanol–water partition coefficient (Wildman–Crippen LogP) is 3.42.